The van der Waals surface area contributed by atoms with Crippen molar-refractivity contribution < 1.29 is 24.3 Å². The summed E-state index contributed by atoms with van der Waals surface area (Å²) < 4.78 is 5.08. The number of nitrogens with zero attached hydrogens (tertiary/aromatic N) is 3. The Kier molecular flexibility index (Phi) is 4.14. The van der Waals surface area contributed by atoms with Gasteiger partial charge in [-0.15, -0.1) is 0 Å². The number of aryl methyl sites for hydroxylation is 1. The molecule has 0 amide bonds. The van der Waals surface area contributed by atoms with Gasteiger partial charge in [-0.05, 0) is 31.4 Å². The van der Waals surface area contributed by atoms with Crippen LogP contribution >= 0.6 is 0 Å². The van der Waals surface area contributed by atoms with Gasteiger partial charge in [0, 0.05) is 19.2 Å². The molecular weight excluding hydrogens is 266 g/mol. The predicted molar refractivity (Wildman–Crippen MR) is 66.8 cm³/mol. The molecule has 8 heteroatoms. The molecule has 1 aromatic heterocycles. The summed E-state index contributed by atoms with van der Waals surface area (Å²) in [6.07, 6.45) is 3.35. The van der Waals surface area contributed by atoms with E-state index < -0.39 is 11.9 Å². The summed E-state index contributed by atoms with van der Waals surface area (Å²) in [7, 11) is 0. The second-order valence-electron chi connectivity index (χ2n) is 4.73. The molecule has 2 aliphatic heterocycles. The Morgan fingerprint density at radius 1 is 1.40 bits per heavy atom. The average molecular weight is 281 g/mol. The van der Waals surface area contributed by atoms with Crippen molar-refractivity contribution in [2.24, 2.45) is 5.92 Å². The maximum atomic E-state index is 9.10. The fraction of sp³-hybridized carbons (Fsp3) is 0.500. The second kappa shape index (κ2) is 5.83. The molecule has 20 heavy (non-hydrogen) atoms. The van der Waals surface area contributed by atoms with Crippen LogP contribution in [0.3, 0.4) is 0 Å². The van der Waals surface area contributed by atoms with Crippen molar-refractivity contribution in [3.63, 3.8) is 0 Å². The zero-order valence-electron chi connectivity index (χ0n) is 10.9. The predicted octanol–water partition coefficient (Wildman–Crippen LogP) is 0.253. The van der Waals surface area contributed by atoms with Gasteiger partial charge in [0.15, 0.2) is 5.82 Å². The average Bonchev–Trinajstić information content (AvgIpc) is 3.07. The lowest BCUT2D eigenvalue weighted by Gasteiger charge is -2.13. The van der Waals surface area contributed by atoms with Crippen LogP contribution in [0.2, 0.25) is 0 Å². The summed E-state index contributed by atoms with van der Waals surface area (Å²) in [4.78, 5) is 24.9. The van der Waals surface area contributed by atoms with Crippen molar-refractivity contribution in [1.82, 2.24) is 15.0 Å². The van der Waals surface area contributed by atoms with Crippen molar-refractivity contribution in [2.75, 3.05) is 19.6 Å². The van der Waals surface area contributed by atoms with Crippen LogP contribution < -0.4 is 0 Å². The zero-order chi connectivity index (χ0) is 14.7. The number of carboxylic acid groups (broad SMARTS) is 2. The molecule has 1 aromatic rings. The van der Waals surface area contributed by atoms with E-state index in [4.69, 9.17) is 24.3 Å². The first-order valence-corrected chi connectivity index (χ1v) is 6.15. The van der Waals surface area contributed by atoms with Crippen LogP contribution in [0.5, 0.6) is 0 Å². The summed E-state index contributed by atoms with van der Waals surface area (Å²) in [6, 6.07) is 0. The summed E-state index contributed by atoms with van der Waals surface area (Å²) in [5, 5.41) is 18.6. The first-order valence-electron chi connectivity index (χ1n) is 6.15. The van der Waals surface area contributed by atoms with E-state index in [-0.39, 0.29) is 0 Å². The molecule has 2 fully saturated rings. The molecule has 8 nitrogen and oxygen atoms in total. The lowest BCUT2D eigenvalue weighted by atomic mass is 9.99. The van der Waals surface area contributed by atoms with Gasteiger partial charge in [0.1, 0.15) is 0 Å². The molecule has 2 saturated heterocycles. The highest BCUT2D eigenvalue weighted by molar-refractivity contribution is 6.27. The SMILES string of the molecule is Cc1noc(/C=C2\CN3CCC2C3)n1.O=C(O)C(=O)O. The molecule has 2 atom stereocenters. The Morgan fingerprint density at radius 2 is 2.10 bits per heavy atom. The van der Waals surface area contributed by atoms with E-state index in [1.54, 1.807) is 0 Å². The normalized spacial score (nSPS) is 25.4. The third-order valence-electron chi connectivity index (χ3n) is 3.24. The van der Waals surface area contributed by atoms with Crippen LogP contribution in [-0.2, 0) is 9.59 Å². The van der Waals surface area contributed by atoms with E-state index in [0.29, 0.717) is 11.7 Å². The minimum absolute atomic E-state index is 0.659. The molecule has 2 bridgehead atoms. The summed E-state index contributed by atoms with van der Waals surface area (Å²) in [6.45, 7) is 5.41. The van der Waals surface area contributed by atoms with Gasteiger partial charge in [-0.25, -0.2) is 9.59 Å². The minimum Gasteiger partial charge on any atom is -0.473 e. The molecule has 0 spiro atoms. The van der Waals surface area contributed by atoms with E-state index in [9.17, 15) is 0 Å². The highest BCUT2D eigenvalue weighted by atomic mass is 16.5. The van der Waals surface area contributed by atoms with Gasteiger partial charge in [-0.3, -0.25) is 4.90 Å². The number of carboxylic acids is 2. The Balaban J connectivity index is 0.000000212. The summed E-state index contributed by atoms with van der Waals surface area (Å²) >= 11 is 0. The first kappa shape index (κ1) is 14.2. The number of hydrogen-bond donors (Lipinski definition) is 2. The molecule has 0 saturated carbocycles. The van der Waals surface area contributed by atoms with Crippen molar-refractivity contribution in [2.45, 2.75) is 13.3 Å². The first-order chi connectivity index (χ1) is 9.45. The number of aliphatic carboxylic acids is 2. The van der Waals surface area contributed by atoms with Crippen molar-refractivity contribution in [3.05, 3.63) is 17.3 Å². The molecule has 0 aromatic carbocycles. The van der Waals surface area contributed by atoms with E-state index in [1.807, 2.05) is 6.92 Å². The highest BCUT2D eigenvalue weighted by Gasteiger charge is 2.33. The van der Waals surface area contributed by atoms with Gasteiger partial charge in [0.2, 0.25) is 0 Å². The van der Waals surface area contributed by atoms with Crippen LogP contribution in [0.25, 0.3) is 6.08 Å². The highest BCUT2D eigenvalue weighted by Crippen LogP contribution is 2.33. The third-order valence-corrected chi connectivity index (χ3v) is 3.24. The van der Waals surface area contributed by atoms with E-state index >= 15 is 0 Å². The van der Waals surface area contributed by atoms with E-state index in [2.05, 4.69) is 21.1 Å². The van der Waals surface area contributed by atoms with Crippen molar-refractivity contribution >= 4 is 18.0 Å². The quantitative estimate of drug-likeness (QED) is 0.704. The van der Waals surface area contributed by atoms with Gasteiger partial charge in [-0.2, -0.15) is 4.98 Å². The maximum Gasteiger partial charge on any atom is 0.414 e. The Hall–Kier alpha value is -2.22. The molecule has 2 aliphatic rings. The standard InChI is InChI=1S/C10H13N3O.C2H2O4/c1-7-11-10(14-12-7)4-9-6-13-3-2-8(9)5-13;3-1(4)2(5)6/h4,8H,2-3,5-6H2,1H3;(H,3,4)(H,5,6)/b9-4+;. The third kappa shape index (κ3) is 3.41. The number of rotatable bonds is 1. The number of piperidine rings is 1. The molecular formula is C12H15N3O5. The van der Waals surface area contributed by atoms with Gasteiger partial charge < -0.3 is 14.7 Å². The number of fused-ring (bicyclic) bond motifs is 2. The van der Waals surface area contributed by atoms with Crippen molar-refractivity contribution in [1.29, 1.82) is 0 Å². The number of carbonyl (C=O) groups is 2. The minimum atomic E-state index is -1.82. The fourth-order valence-corrected chi connectivity index (χ4v) is 2.36. The smallest absolute Gasteiger partial charge is 0.414 e. The maximum absolute atomic E-state index is 9.10. The van der Waals surface area contributed by atoms with Crippen LogP contribution in [0.1, 0.15) is 18.1 Å². The number of hydrogen-bond acceptors (Lipinski definition) is 6. The van der Waals surface area contributed by atoms with Crippen LogP contribution in [0, 0.1) is 12.8 Å². The van der Waals surface area contributed by atoms with E-state index in [1.165, 1.54) is 25.1 Å². The van der Waals surface area contributed by atoms with Crippen LogP contribution in [-0.4, -0.2) is 56.8 Å². The van der Waals surface area contributed by atoms with Crippen LogP contribution in [0.4, 0.5) is 0 Å². The topological polar surface area (TPSA) is 117 Å². The Morgan fingerprint density at radius 3 is 2.50 bits per heavy atom. The van der Waals surface area contributed by atoms with Gasteiger partial charge in [-0.1, -0.05) is 5.16 Å². The molecule has 2 N–H and O–H groups in total. The molecule has 0 aliphatic carbocycles. The lowest BCUT2D eigenvalue weighted by molar-refractivity contribution is -0.159. The Labute approximate surface area is 114 Å². The van der Waals surface area contributed by atoms with Crippen LogP contribution in [0.15, 0.2) is 10.1 Å². The largest absolute Gasteiger partial charge is 0.473 e. The molecule has 108 valence electrons. The van der Waals surface area contributed by atoms with E-state index in [0.717, 1.165) is 12.5 Å². The monoisotopic (exact) mass is 281 g/mol. The Bertz CT molecular complexity index is 539. The zero-order valence-corrected chi connectivity index (χ0v) is 10.9. The van der Waals surface area contributed by atoms with Gasteiger partial charge >= 0.3 is 11.9 Å². The molecule has 3 heterocycles. The number of aromatic nitrogens is 2. The second-order valence-corrected chi connectivity index (χ2v) is 4.73. The summed E-state index contributed by atoms with van der Waals surface area (Å²) in [5.41, 5.74) is 1.46. The molecule has 0 radical (unpaired) electrons. The molecule has 3 rings (SSSR count). The summed E-state index contributed by atoms with van der Waals surface area (Å²) in [5.74, 6) is -1.54. The molecule has 2 unspecified atom stereocenters. The lowest BCUT2D eigenvalue weighted by Crippen LogP contribution is -2.17. The van der Waals surface area contributed by atoms with Crippen molar-refractivity contribution in [3.8, 4) is 0 Å². The van der Waals surface area contributed by atoms with Gasteiger partial charge in [0.05, 0.1) is 0 Å². The fourth-order valence-electron chi connectivity index (χ4n) is 2.36. The van der Waals surface area contributed by atoms with Gasteiger partial charge in [0.25, 0.3) is 5.89 Å².